The highest BCUT2D eigenvalue weighted by Gasteiger charge is 2.34. The average molecular weight is 199 g/mol. The summed E-state index contributed by atoms with van der Waals surface area (Å²) in [4.78, 5) is 2.42. The lowest BCUT2D eigenvalue weighted by molar-refractivity contribution is 0.609. The smallest absolute Gasteiger partial charge is 0.0480 e. The maximum atomic E-state index is 2.42. The third-order valence-electron chi connectivity index (χ3n) is 4.04. The molecule has 0 unspecified atom stereocenters. The third-order valence-corrected chi connectivity index (χ3v) is 4.04. The molecule has 0 aliphatic carbocycles. The fraction of sp³-hybridized carbons (Fsp3) is 0.429. The predicted octanol–water partition coefficient (Wildman–Crippen LogP) is 3.24. The molecule has 0 atom stereocenters. The lowest BCUT2D eigenvalue weighted by Gasteiger charge is -2.36. The highest BCUT2D eigenvalue weighted by atomic mass is 15.1. The Kier molecular flexibility index (Phi) is 1.60. The second kappa shape index (κ2) is 2.66. The van der Waals surface area contributed by atoms with Gasteiger partial charge in [-0.1, -0.05) is 32.0 Å². The normalized spacial score (nSPS) is 21.3. The number of benzene rings is 1. The molecule has 1 nitrogen and oxygen atoms in total. The SMILES string of the molecule is CC1=CN2CCc3cccc(c32)C1(C)C. The van der Waals surface area contributed by atoms with Crippen molar-refractivity contribution in [1.82, 2.24) is 0 Å². The number of para-hydroxylation sites is 1. The van der Waals surface area contributed by atoms with E-state index in [1.807, 2.05) is 0 Å². The van der Waals surface area contributed by atoms with Crippen LogP contribution in [0.25, 0.3) is 0 Å². The molecule has 1 heteroatoms. The van der Waals surface area contributed by atoms with Gasteiger partial charge < -0.3 is 4.90 Å². The summed E-state index contributed by atoms with van der Waals surface area (Å²) < 4.78 is 0. The van der Waals surface area contributed by atoms with E-state index in [4.69, 9.17) is 0 Å². The molecule has 1 aromatic carbocycles. The molecule has 1 aromatic rings. The number of anilines is 1. The lowest BCUT2D eigenvalue weighted by atomic mass is 9.75. The van der Waals surface area contributed by atoms with Gasteiger partial charge in [0.25, 0.3) is 0 Å². The van der Waals surface area contributed by atoms with Gasteiger partial charge in [0.15, 0.2) is 0 Å². The molecule has 0 spiro atoms. The summed E-state index contributed by atoms with van der Waals surface area (Å²) in [6.07, 6.45) is 3.53. The first-order chi connectivity index (χ1) is 7.10. The van der Waals surface area contributed by atoms with Gasteiger partial charge in [-0.05, 0) is 30.0 Å². The van der Waals surface area contributed by atoms with Crippen LogP contribution in [-0.2, 0) is 11.8 Å². The fourth-order valence-corrected chi connectivity index (χ4v) is 2.73. The summed E-state index contributed by atoms with van der Waals surface area (Å²) >= 11 is 0. The summed E-state index contributed by atoms with van der Waals surface area (Å²) in [5.74, 6) is 0. The second-order valence-corrected chi connectivity index (χ2v) is 5.19. The largest absolute Gasteiger partial charge is 0.347 e. The molecule has 2 aliphatic heterocycles. The van der Waals surface area contributed by atoms with Crippen LogP contribution in [0.1, 0.15) is 31.9 Å². The Morgan fingerprint density at radius 3 is 2.87 bits per heavy atom. The quantitative estimate of drug-likeness (QED) is 0.620. The molecule has 0 amide bonds. The Morgan fingerprint density at radius 2 is 2.07 bits per heavy atom. The molecule has 0 saturated carbocycles. The topological polar surface area (TPSA) is 3.24 Å². The highest BCUT2D eigenvalue weighted by molar-refractivity contribution is 5.71. The Bertz CT molecular complexity index is 454. The van der Waals surface area contributed by atoms with E-state index in [-0.39, 0.29) is 5.41 Å². The average Bonchev–Trinajstić information content (AvgIpc) is 2.60. The van der Waals surface area contributed by atoms with Gasteiger partial charge in [0.2, 0.25) is 0 Å². The first-order valence-electron chi connectivity index (χ1n) is 5.68. The van der Waals surface area contributed by atoms with Gasteiger partial charge in [-0.15, -0.1) is 0 Å². The van der Waals surface area contributed by atoms with E-state index >= 15 is 0 Å². The molecule has 0 radical (unpaired) electrons. The monoisotopic (exact) mass is 199 g/mol. The van der Waals surface area contributed by atoms with E-state index in [9.17, 15) is 0 Å². The van der Waals surface area contributed by atoms with Gasteiger partial charge in [0, 0.05) is 23.8 Å². The number of nitrogens with zero attached hydrogens (tertiary/aromatic N) is 1. The van der Waals surface area contributed by atoms with Gasteiger partial charge in [-0.2, -0.15) is 0 Å². The van der Waals surface area contributed by atoms with E-state index in [0.29, 0.717) is 0 Å². The predicted molar refractivity (Wildman–Crippen MR) is 64.3 cm³/mol. The van der Waals surface area contributed by atoms with Crippen LogP contribution >= 0.6 is 0 Å². The first-order valence-corrected chi connectivity index (χ1v) is 5.68. The van der Waals surface area contributed by atoms with Gasteiger partial charge >= 0.3 is 0 Å². The van der Waals surface area contributed by atoms with E-state index in [1.165, 1.54) is 28.8 Å². The molecule has 3 rings (SSSR count). The first kappa shape index (κ1) is 9.02. The molecule has 15 heavy (non-hydrogen) atoms. The van der Waals surface area contributed by atoms with E-state index < -0.39 is 0 Å². The lowest BCUT2D eigenvalue weighted by Crippen LogP contribution is -2.29. The minimum Gasteiger partial charge on any atom is -0.347 e. The van der Waals surface area contributed by atoms with Crippen LogP contribution in [0.2, 0.25) is 0 Å². The van der Waals surface area contributed by atoms with Crippen molar-refractivity contribution in [2.75, 3.05) is 11.4 Å². The zero-order valence-electron chi connectivity index (χ0n) is 9.67. The van der Waals surface area contributed by atoms with Crippen molar-refractivity contribution in [3.8, 4) is 0 Å². The molecule has 0 fully saturated rings. The van der Waals surface area contributed by atoms with Crippen molar-refractivity contribution >= 4 is 5.69 Å². The van der Waals surface area contributed by atoms with Crippen molar-refractivity contribution in [2.24, 2.45) is 0 Å². The Hall–Kier alpha value is -1.24. The zero-order chi connectivity index (χ0) is 10.6. The molecule has 2 aliphatic rings. The molecule has 0 N–H and O–H groups in total. The number of hydrogen-bond acceptors (Lipinski definition) is 1. The molecule has 2 heterocycles. The fourth-order valence-electron chi connectivity index (χ4n) is 2.73. The van der Waals surface area contributed by atoms with Crippen molar-refractivity contribution < 1.29 is 0 Å². The van der Waals surface area contributed by atoms with Crippen LogP contribution in [0.5, 0.6) is 0 Å². The van der Waals surface area contributed by atoms with Gasteiger partial charge in [-0.3, -0.25) is 0 Å². The molecule has 0 bridgehead atoms. The van der Waals surface area contributed by atoms with Crippen LogP contribution in [-0.4, -0.2) is 6.54 Å². The molecule has 0 saturated heterocycles. The summed E-state index contributed by atoms with van der Waals surface area (Å²) in [6, 6.07) is 6.76. The highest BCUT2D eigenvalue weighted by Crippen LogP contribution is 2.45. The van der Waals surface area contributed by atoms with E-state index in [1.54, 1.807) is 0 Å². The second-order valence-electron chi connectivity index (χ2n) is 5.19. The standard InChI is InChI=1S/C14H17N/c1-10-9-15-8-7-11-5-4-6-12(13(11)15)14(10,2)3/h4-6,9H,7-8H2,1-3H3. The summed E-state index contributed by atoms with van der Waals surface area (Å²) in [7, 11) is 0. The van der Waals surface area contributed by atoms with Crippen LogP contribution in [0.4, 0.5) is 5.69 Å². The molecular weight excluding hydrogens is 182 g/mol. The third kappa shape index (κ3) is 1.04. The van der Waals surface area contributed by atoms with Crippen LogP contribution in [0.15, 0.2) is 30.0 Å². The summed E-state index contributed by atoms with van der Waals surface area (Å²) in [5, 5.41) is 0. The van der Waals surface area contributed by atoms with E-state index in [0.717, 1.165) is 6.54 Å². The van der Waals surface area contributed by atoms with Crippen LogP contribution < -0.4 is 4.90 Å². The van der Waals surface area contributed by atoms with E-state index in [2.05, 4.69) is 50.1 Å². The van der Waals surface area contributed by atoms with Crippen molar-refractivity contribution in [1.29, 1.82) is 0 Å². The van der Waals surface area contributed by atoms with Crippen molar-refractivity contribution in [2.45, 2.75) is 32.6 Å². The maximum Gasteiger partial charge on any atom is 0.0480 e. The van der Waals surface area contributed by atoms with Gasteiger partial charge in [0.05, 0.1) is 0 Å². The Balaban J connectivity index is 2.31. The summed E-state index contributed by atoms with van der Waals surface area (Å²) in [5.41, 5.74) is 6.16. The number of hydrogen-bond donors (Lipinski definition) is 0. The van der Waals surface area contributed by atoms with Crippen LogP contribution in [0, 0.1) is 0 Å². The Labute approximate surface area is 91.4 Å². The minimum absolute atomic E-state index is 0.201. The van der Waals surface area contributed by atoms with Gasteiger partial charge in [-0.25, -0.2) is 0 Å². The molecule has 78 valence electrons. The molecular formula is C14H17N. The maximum absolute atomic E-state index is 2.42. The zero-order valence-corrected chi connectivity index (χ0v) is 9.67. The Morgan fingerprint density at radius 1 is 1.27 bits per heavy atom. The minimum atomic E-state index is 0.201. The number of rotatable bonds is 0. The summed E-state index contributed by atoms with van der Waals surface area (Å²) in [6.45, 7) is 8.04. The van der Waals surface area contributed by atoms with Crippen LogP contribution in [0.3, 0.4) is 0 Å². The van der Waals surface area contributed by atoms with Gasteiger partial charge in [0.1, 0.15) is 0 Å². The molecule has 0 aromatic heterocycles. The van der Waals surface area contributed by atoms with Crippen molar-refractivity contribution in [3.05, 3.63) is 41.1 Å². The number of allylic oxidation sites excluding steroid dienone is 1. The van der Waals surface area contributed by atoms with Crippen molar-refractivity contribution in [3.63, 3.8) is 0 Å².